The molecule has 1 aliphatic heterocycles. The first-order valence-electron chi connectivity index (χ1n) is 7.00. The quantitative estimate of drug-likeness (QED) is 0.599. The Labute approximate surface area is 110 Å². The second kappa shape index (κ2) is 6.76. The van der Waals surface area contributed by atoms with Crippen molar-refractivity contribution in [2.24, 2.45) is 0 Å². The highest BCUT2D eigenvalue weighted by Gasteiger charge is 2.17. The van der Waals surface area contributed by atoms with Crippen LogP contribution >= 0.6 is 0 Å². The van der Waals surface area contributed by atoms with Gasteiger partial charge in [0.2, 0.25) is 0 Å². The molecule has 0 amide bonds. The van der Waals surface area contributed by atoms with Crippen LogP contribution in [0, 0.1) is 0 Å². The average molecular weight is 248 g/mol. The molecule has 1 aromatic carbocycles. The zero-order valence-electron chi connectivity index (χ0n) is 11.1. The van der Waals surface area contributed by atoms with E-state index in [1.165, 1.54) is 24.0 Å². The van der Waals surface area contributed by atoms with E-state index in [2.05, 4.69) is 17.0 Å². The normalized spacial score (nSPS) is 15.6. The van der Waals surface area contributed by atoms with Crippen molar-refractivity contribution < 1.29 is 5.11 Å². The van der Waals surface area contributed by atoms with Gasteiger partial charge in [0.1, 0.15) is 0 Å². The van der Waals surface area contributed by atoms with Crippen molar-refractivity contribution in [3.05, 3.63) is 29.3 Å². The Bertz CT molecular complexity index is 379. The fourth-order valence-electron chi connectivity index (χ4n) is 2.65. The lowest BCUT2D eigenvalue weighted by atomic mass is 9.98. The highest BCUT2D eigenvalue weighted by Crippen LogP contribution is 2.24. The van der Waals surface area contributed by atoms with Crippen molar-refractivity contribution in [3.63, 3.8) is 0 Å². The first kappa shape index (κ1) is 13.4. The Hall–Kier alpha value is -1.06. The standard InChI is InChI=1S/C15H24N2O/c16-15-7-5-6-13-8-10-17(12-14(13)15)9-3-1-2-4-11-18/h5-7,18H,1-4,8-12,16H2. The summed E-state index contributed by atoms with van der Waals surface area (Å²) in [7, 11) is 0. The lowest BCUT2D eigenvalue weighted by Crippen LogP contribution is -2.31. The first-order valence-corrected chi connectivity index (χ1v) is 7.00. The van der Waals surface area contributed by atoms with Gasteiger partial charge in [-0.05, 0) is 43.0 Å². The molecule has 0 saturated heterocycles. The smallest absolute Gasteiger partial charge is 0.0431 e. The molecule has 3 heteroatoms. The van der Waals surface area contributed by atoms with E-state index in [0.29, 0.717) is 6.61 Å². The third-order valence-electron chi connectivity index (χ3n) is 3.77. The lowest BCUT2D eigenvalue weighted by Gasteiger charge is -2.29. The van der Waals surface area contributed by atoms with Crippen molar-refractivity contribution >= 4 is 5.69 Å². The molecule has 0 radical (unpaired) electrons. The molecule has 18 heavy (non-hydrogen) atoms. The van der Waals surface area contributed by atoms with Crippen molar-refractivity contribution in [3.8, 4) is 0 Å². The number of aliphatic hydroxyl groups is 1. The summed E-state index contributed by atoms with van der Waals surface area (Å²) in [5, 5.41) is 8.73. The van der Waals surface area contributed by atoms with E-state index in [4.69, 9.17) is 10.8 Å². The van der Waals surface area contributed by atoms with Crippen LogP contribution in [0.3, 0.4) is 0 Å². The fourth-order valence-corrected chi connectivity index (χ4v) is 2.65. The molecular formula is C15H24N2O. The molecule has 0 aromatic heterocycles. The van der Waals surface area contributed by atoms with Crippen molar-refractivity contribution in [2.75, 3.05) is 25.4 Å². The summed E-state index contributed by atoms with van der Waals surface area (Å²) in [4.78, 5) is 2.50. The van der Waals surface area contributed by atoms with Crippen LogP contribution < -0.4 is 5.73 Å². The second-order valence-corrected chi connectivity index (χ2v) is 5.15. The number of nitrogen functional groups attached to an aromatic ring is 1. The summed E-state index contributed by atoms with van der Waals surface area (Å²) in [5.41, 5.74) is 9.74. The van der Waals surface area contributed by atoms with Crippen molar-refractivity contribution in [2.45, 2.75) is 38.6 Å². The minimum absolute atomic E-state index is 0.327. The third kappa shape index (κ3) is 3.47. The SMILES string of the molecule is Nc1cccc2c1CN(CCCCCCO)CC2. The maximum absolute atomic E-state index is 8.73. The lowest BCUT2D eigenvalue weighted by molar-refractivity contribution is 0.244. The van der Waals surface area contributed by atoms with Crippen molar-refractivity contribution in [1.29, 1.82) is 0 Å². The maximum atomic E-state index is 8.73. The molecule has 3 nitrogen and oxygen atoms in total. The van der Waals surface area contributed by atoms with Gasteiger partial charge in [0.25, 0.3) is 0 Å². The van der Waals surface area contributed by atoms with Crippen LogP contribution in [0.1, 0.15) is 36.8 Å². The topological polar surface area (TPSA) is 49.5 Å². The van der Waals surface area contributed by atoms with Gasteiger partial charge < -0.3 is 10.8 Å². The van der Waals surface area contributed by atoms with Crippen LogP contribution in [-0.2, 0) is 13.0 Å². The second-order valence-electron chi connectivity index (χ2n) is 5.15. The predicted molar refractivity (Wildman–Crippen MR) is 75.4 cm³/mol. The van der Waals surface area contributed by atoms with E-state index >= 15 is 0 Å². The fraction of sp³-hybridized carbons (Fsp3) is 0.600. The van der Waals surface area contributed by atoms with Crippen LogP contribution in [0.25, 0.3) is 0 Å². The average Bonchev–Trinajstić information content (AvgIpc) is 2.39. The van der Waals surface area contributed by atoms with Gasteiger partial charge in [-0.3, -0.25) is 4.90 Å². The van der Waals surface area contributed by atoms with Gasteiger partial charge >= 0.3 is 0 Å². The highest BCUT2D eigenvalue weighted by molar-refractivity contribution is 5.51. The minimum atomic E-state index is 0.327. The Kier molecular flexibility index (Phi) is 5.02. The number of aliphatic hydroxyl groups excluding tert-OH is 1. The van der Waals surface area contributed by atoms with E-state index in [1.807, 2.05) is 6.07 Å². The number of nitrogens with two attached hydrogens (primary N) is 1. The monoisotopic (exact) mass is 248 g/mol. The van der Waals surface area contributed by atoms with Gasteiger partial charge in [0, 0.05) is 25.4 Å². The summed E-state index contributed by atoms with van der Waals surface area (Å²) in [6.07, 6.45) is 5.64. The molecule has 2 rings (SSSR count). The van der Waals surface area contributed by atoms with E-state index < -0.39 is 0 Å². The number of hydrogen-bond donors (Lipinski definition) is 2. The van der Waals surface area contributed by atoms with Crippen LogP contribution in [0.5, 0.6) is 0 Å². The molecule has 0 bridgehead atoms. The molecule has 1 aromatic rings. The van der Waals surface area contributed by atoms with Crippen LogP contribution in [-0.4, -0.2) is 29.7 Å². The predicted octanol–water partition coefficient (Wildman–Crippen LogP) is 2.18. The Morgan fingerprint density at radius 1 is 1.17 bits per heavy atom. The summed E-state index contributed by atoms with van der Waals surface area (Å²) < 4.78 is 0. The van der Waals surface area contributed by atoms with Gasteiger partial charge in [-0.1, -0.05) is 25.0 Å². The van der Waals surface area contributed by atoms with Gasteiger partial charge in [-0.2, -0.15) is 0 Å². The van der Waals surface area contributed by atoms with Gasteiger partial charge in [0.15, 0.2) is 0 Å². The summed E-state index contributed by atoms with van der Waals surface area (Å²) in [6, 6.07) is 6.26. The molecule has 1 aliphatic rings. The largest absolute Gasteiger partial charge is 0.398 e. The summed E-state index contributed by atoms with van der Waals surface area (Å²) >= 11 is 0. The Balaban J connectivity index is 1.79. The Morgan fingerprint density at radius 3 is 2.83 bits per heavy atom. The summed E-state index contributed by atoms with van der Waals surface area (Å²) in [6.45, 7) is 3.63. The van der Waals surface area contributed by atoms with E-state index in [1.54, 1.807) is 0 Å². The zero-order valence-corrected chi connectivity index (χ0v) is 11.1. The van der Waals surface area contributed by atoms with Crippen molar-refractivity contribution in [1.82, 2.24) is 4.90 Å². The van der Waals surface area contributed by atoms with Crippen LogP contribution in [0.2, 0.25) is 0 Å². The molecular weight excluding hydrogens is 224 g/mol. The molecule has 0 saturated carbocycles. The number of anilines is 1. The molecule has 0 fully saturated rings. The zero-order chi connectivity index (χ0) is 12.8. The molecule has 100 valence electrons. The van der Waals surface area contributed by atoms with Crippen LogP contribution in [0.15, 0.2) is 18.2 Å². The molecule has 3 N–H and O–H groups in total. The molecule has 1 heterocycles. The van der Waals surface area contributed by atoms with Gasteiger partial charge in [0.05, 0.1) is 0 Å². The summed E-state index contributed by atoms with van der Waals surface area (Å²) in [5.74, 6) is 0. The number of benzene rings is 1. The third-order valence-corrected chi connectivity index (χ3v) is 3.77. The minimum Gasteiger partial charge on any atom is -0.398 e. The molecule has 0 unspecified atom stereocenters. The van der Waals surface area contributed by atoms with Crippen LogP contribution in [0.4, 0.5) is 5.69 Å². The van der Waals surface area contributed by atoms with E-state index in [-0.39, 0.29) is 0 Å². The molecule has 0 aliphatic carbocycles. The number of unbranched alkanes of at least 4 members (excludes halogenated alkanes) is 3. The molecule has 0 spiro atoms. The number of fused-ring (bicyclic) bond motifs is 1. The van der Waals surface area contributed by atoms with Gasteiger partial charge in [-0.15, -0.1) is 0 Å². The van der Waals surface area contributed by atoms with Gasteiger partial charge in [-0.25, -0.2) is 0 Å². The number of nitrogens with zero attached hydrogens (tertiary/aromatic N) is 1. The number of hydrogen-bond acceptors (Lipinski definition) is 3. The Morgan fingerprint density at radius 2 is 2.00 bits per heavy atom. The highest BCUT2D eigenvalue weighted by atomic mass is 16.2. The first-order chi connectivity index (χ1) is 8.81. The van der Waals surface area contributed by atoms with E-state index in [0.717, 1.165) is 44.6 Å². The number of rotatable bonds is 6. The van der Waals surface area contributed by atoms with E-state index in [9.17, 15) is 0 Å². The maximum Gasteiger partial charge on any atom is 0.0431 e. The molecule has 0 atom stereocenters.